The van der Waals surface area contributed by atoms with Crippen LogP contribution in [0.25, 0.3) is 0 Å². The van der Waals surface area contributed by atoms with E-state index in [0.29, 0.717) is 18.8 Å². The van der Waals surface area contributed by atoms with Gasteiger partial charge in [0.25, 0.3) is 0 Å². The van der Waals surface area contributed by atoms with Crippen molar-refractivity contribution in [3.05, 3.63) is 0 Å². The van der Waals surface area contributed by atoms with Gasteiger partial charge >= 0.3 is 0 Å². The lowest BCUT2D eigenvalue weighted by atomic mass is 10.2. The Bertz CT molecular complexity index is 240. The van der Waals surface area contributed by atoms with E-state index < -0.39 is 0 Å². The van der Waals surface area contributed by atoms with Gasteiger partial charge in [0.15, 0.2) is 0 Å². The zero-order valence-electron chi connectivity index (χ0n) is 9.68. The van der Waals surface area contributed by atoms with E-state index in [-0.39, 0.29) is 11.9 Å². The molecule has 0 bridgehead atoms. The summed E-state index contributed by atoms with van der Waals surface area (Å²) < 4.78 is 0. The molecule has 0 aliphatic carbocycles. The van der Waals surface area contributed by atoms with Crippen LogP contribution >= 0.6 is 0 Å². The van der Waals surface area contributed by atoms with Gasteiger partial charge in [-0.05, 0) is 19.8 Å². The summed E-state index contributed by atoms with van der Waals surface area (Å²) in [5, 5.41) is 10.6. The van der Waals surface area contributed by atoms with Crippen molar-refractivity contribution in [1.82, 2.24) is 10.2 Å². The first-order chi connectivity index (χ1) is 7.13. The van der Waals surface area contributed by atoms with Crippen molar-refractivity contribution in [3.8, 4) is 0 Å². The number of carbonyl (C=O) groups is 1. The fraction of sp³-hybridized carbons (Fsp3) is 0.818. The highest BCUT2D eigenvalue weighted by molar-refractivity contribution is 5.82. The lowest BCUT2D eigenvalue weighted by Crippen LogP contribution is -2.35. The first-order valence-corrected chi connectivity index (χ1v) is 5.75. The Hall–Kier alpha value is -1.06. The molecule has 0 aromatic carbocycles. The van der Waals surface area contributed by atoms with Crippen molar-refractivity contribution in [3.63, 3.8) is 0 Å². The number of rotatable bonds is 5. The fourth-order valence-electron chi connectivity index (χ4n) is 1.66. The van der Waals surface area contributed by atoms with Crippen molar-refractivity contribution in [1.29, 1.82) is 5.41 Å². The number of nitrogens with one attached hydrogen (secondary N) is 2. The van der Waals surface area contributed by atoms with Crippen LogP contribution in [0.4, 0.5) is 0 Å². The standard InChI is InChI=1S/C11H21N3O/c1-3-9(2)13-11(15)6-8-14-7-4-5-10(14)12/h9,12H,3-8H2,1-2H3,(H,13,15). The Morgan fingerprint density at radius 1 is 1.67 bits per heavy atom. The maximum atomic E-state index is 11.5. The minimum Gasteiger partial charge on any atom is -0.360 e. The lowest BCUT2D eigenvalue weighted by molar-refractivity contribution is -0.121. The first-order valence-electron chi connectivity index (χ1n) is 5.75. The molecule has 1 aliphatic rings. The molecule has 4 nitrogen and oxygen atoms in total. The molecule has 1 atom stereocenters. The summed E-state index contributed by atoms with van der Waals surface area (Å²) in [6, 6.07) is 0.260. The molecule has 2 N–H and O–H groups in total. The van der Waals surface area contributed by atoms with Gasteiger partial charge in [-0.15, -0.1) is 0 Å². The van der Waals surface area contributed by atoms with Gasteiger partial charge < -0.3 is 10.2 Å². The van der Waals surface area contributed by atoms with Gasteiger partial charge in [-0.1, -0.05) is 6.92 Å². The molecule has 1 amide bonds. The Morgan fingerprint density at radius 2 is 2.40 bits per heavy atom. The number of hydrogen-bond acceptors (Lipinski definition) is 2. The van der Waals surface area contributed by atoms with E-state index in [4.69, 9.17) is 5.41 Å². The van der Waals surface area contributed by atoms with Crippen LogP contribution in [-0.4, -0.2) is 35.8 Å². The molecule has 1 saturated heterocycles. The number of likely N-dealkylation sites (tertiary alicyclic amines) is 1. The molecule has 1 aliphatic heterocycles. The van der Waals surface area contributed by atoms with E-state index >= 15 is 0 Å². The normalized spacial score (nSPS) is 18.0. The van der Waals surface area contributed by atoms with Crippen molar-refractivity contribution < 1.29 is 4.79 Å². The second kappa shape index (κ2) is 5.73. The van der Waals surface area contributed by atoms with E-state index in [9.17, 15) is 4.79 Å². The molecule has 0 aromatic heterocycles. The highest BCUT2D eigenvalue weighted by atomic mass is 16.1. The monoisotopic (exact) mass is 211 g/mol. The Morgan fingerprint density at radius 3 is 2.93 bits per heavy atom. The molecule has 0 aromatic rings. The smallest absolute Gasteiger partial charge is 0.221 e. The van der Waals surface area contributed by atoms with Crippen LogP contribution in [0, 0.1) is 5.41 Å². The van der Waals surface area contributed by atoms with Crippen molar-refractivity contribution in [2.24, 2.45) is 0 Å². The Kier molecular flexibility index (Phi) is 4.59. The summed E-state index contributed by atoms with van der Waals surface area (Å²) in [6.07, 6.45) is 3.40. The molecule has 15 heavy (non-hydrogen) atoms. The molecular formula is C11H21N3O. The molecule has 4 heteroatoms. The maximum Gasteiger partial charge on any atom is 0.221 e. The third-order valence-electron chi connectivity index (χ3n) is 2.85. The van der Waals surface area contributed by atoms with Crippen molar-refractivity contribution in [2.45, 2.75) is 45.6 Å². The molecule has 1 unspecified atom stereocenters. The summed E-state index contributed by atoms with van der Waals surface area (Å²) in [5.41, 5.74) is 0. The maximum absolute atomic E-state index is 11.5. The topological polar surface area (TPSA) is 56.2 Å². The van der Waals surface area contributed by atoms with Crippen LogP contribution in [-0.2, 0) is 4.79 Å². The van der Waals surface area contributed by atoms with Gasteiger partial charge in [0.1, 0.15) is 0 Å². The first kappa shape index (κ1) is 12.0. The zero-order valence-corrected chi connectivity index (χ0v) is 9.68. The molecular weight excluding hydrogens is 190 g/mol. The number of amidine groups is 1. The Balaban J connectivity index is 2.19. The molecule has 0 spiro atoms. The number of nitrogens with zero attached hydrogens (tertiary/aromatic N) is 1. The summed E-state index contributed by atoms with van der Waals surface area (Å²) in [6.45, 7) is 5.70. The summed E-state index contributed by atoms with van der Waals surface area (Å²) in [7, 11) is 0. The number of hydrogen-bond donors (Lipinski definition) is 2. The molecule has 0 saturated carbocycles. The van der Waals surface area contributed by atoms with Crippen LogP contribution in [0.15, 0.2) is 0 Å². The molecule has 1 rings (SSSR count). The number of amides is 1. The van der Waals surface area contributed by atoms with Crippen molar-refractivity contribution in [2.75, 3.05) is 13.1 Å². The van der Waals surface area contributed by atoms with Crippen LogP contribution in [0.1, 0.15) is 39.5 Å². The van der Waals surface area contributed by atoms with Gasteiger partial charge in [-0.25, -0.2) is 0 Å². The Labute approximate surface area is 91.5 Å². The van der Waals surface area contributed by atoms with Gasteiger partial charge in [0.05, 0.1) is 5.84 Å². The highest BCUT2D eigenvalue weighted by Gasteiger charge is 2.17. The third-order valence-corrected chi connectivity index (χ3v) is 2.85. The third kappa shape index (κ3) is 3.90. The molecule has 1 fully saturated rings. The summed E-state index contributed by atoms with van der Waals surface area (Å²) in [4.78, 5) is 13.5. The average molecular weight is 211 g/mol. The van der Waals surface area contributed by atoms with Crippen LogP contribution in [0.5, 0.6) is 0 Å². The zero-order chi connectivity index (χ0) is 11.3. The van der Waals surface area contributed by atoms with Gasteiger partial charge in [0.2, 0.25) is 5.91 Å². The van der Waals surface area contributed by atoms with Crippen molar-refractivity contribution >= 4 is 11.7 Å². The quantitative estimate of drug-likeness (QED) is 0.721. The molecule has 0 radical (unpaired) electrons. The van der Waals surface area contributed by atoms with Gasteiger partial charge in [-0.3, -0.25) is 10.2 Å². The minimum atomic E-state index is 0.101. The van der Waals surface area contributed by atoms with E-state index in [0.717, 1.165) is 25.8 Å². The largest absolute Gasteiger partial charge is 0.360 e. The van der Waals surface area contributed by atoms with E-state index in [1.54, 1.807) is 0 Å². The number of carbonyl (C=O) groups excluding carboxylic acids is 1. The van der Waals surface area contributed by atoms with Gasteiger partial charge in [-0.2, -0.15) is 0 Å². The van der Waals surface area contributed by atoms with Crippen LogP contribution in [0.3, 0.4) is 0 Å². The second-order valence-corrected chi connectivity index (χ2v) is 4.16. The van der Waals surface area contributed by atoms with E-state index in [1.165, 1.54) is 0 Å². The minimum absolute atomic E-state index is 0.101. The summed E-state index contributed by atoms with van der Waals surface area (Å²) in [5.74, 6) is 0.787. The second-order valence-electron chi connectivity index (χ2n) is 4.16. The molecule has 86 valence electrons. The van der Waals surface area contributed by atoms with Crippen LogP contribution < -0.4 is 5.32 Å². The summed E-state index contributed by atoms with van der Waals surface area (Å²) >= 11 is 0. The van der Waals surface area contributed by atoms with E-state index in [1.807, 2.05) is 11.8 Å². The fourth-order valence-corrected chi connectivity index (χ4v) is 1.66. The van der Waals surface area contributed by atoms with Crippen LogP contribution in [0.2, 0.25) is 0 Å². The predicted molar refractivity (Wildman–Crippen MR) is 61.0 cm³/mol. The predicted octanol–water partition coefficient (Wildman–Crippen LogP) is 1.36. The van der Waals surface area contributed by atoms with E-state index in [2.05, 4.69) is 12.2 Å². The highest BCUT2D eigenvalue weighted by Crippen LogP contribution is 2.09. The SMILES string of the molecule is CCC(C)NC(=O)CCN1CCCC1=N. The lowest BCUT2D eigenvalue weighted by Gasteiger charge is -2.18. The molecule has 1 heterocycles. The average Bonchev–Trinajstić information content (AvgIpc) is 2.61. The van der Waals surface area contributed by atoms with Gasteiger partial charge in [0, 0.05) is 32.0 Å².